The van der Waals surface area contributed by atoms with E-state index in [0.717, 1.165) is 25.9 Å². The van der Waals surface area contributed by atoms with Gasteiger partial charge in [-0.2, -0.15) is 5.26 Å². The van der Waals surface area contributed by atoms with Crippen LogP contribution in [0.3, 0.4) is 0 Å². The fourth-order valence-electron chi connectivity index (χ4n) is 2.81. The first-order valence-corrected chi connectivity index (χ1v) is 7.98. The number of carbonyl (C=O) groups is 1. The molecule has 5 heteroatoms. The van der Waals surface area contributed by atoms with Crippen molar-refractivity contribution in [3.05, 3.63) is 29.8 Å². The SMILES string of the molecule is CCCN1CCC(CNC(=O)Nc2cccc(C#N)c2)CC1. The van der Waals surface area contributed by atoms with Crippen molar-refractivity contribution >= 4 is 11.7 Å². The molecule has 1 aromatic carbocycles. The second kappa shape index (κ2) is 8.40. The molecule has 0 saturated carbocycles. The standard InChI is InChI=1S/C17H24N4O/c1-2-8-21-9-6-14(7-10-21)13-19-17(22)20-16-5-3-4-15(11-16)12-18/h3-5,11,14H,2,6-10,13H2,1H3,(H2,19,20,22). The van der Waals surface area contributed by atoms with E-state index < -0.39 is 0 Å². The third-order valence-electron chi connectivity index (χ3n) is 4.05. The third kappa shape index (κ3) is 5.05. The predicted octanol–water partition coefficient (Wildman–Crippen LogP) is 2.80. The monoisotopic (exact) mass is 300 g/mol. The summed E-state index contributed by atoms with van der Waals surface area (Å²) < 4.78 is 0. The zero-order valence-corrected chi connectivity index (χ0v) is 13.1. The molecule has 0 spiro atoms. The Morgan fingerprint density at radius 2 is 2.18 bits per heavy atom. The van der Waals surface area contributed by atoms with Crippen LogP contribution in [0.25, 0.3) is 0 Å². The van der Waals surface area contributed by atoms with Gasteiger partial charge in [-0.15, -0.1) is 0 Å². The molecule has 1 saturated heterocycles. The number of nitrogens with one attached hydrogen (secondary N) is 2. The van der Waals surface area contributed by atoms with Gasteiger partial charge in [-0.25, -0.2) is 4.79 Å². The van der Waals surface area contributed by atoms with Crippen molar-refractivity contribution in [2.75, 3.05) is 31.5 Å². The van der Waals surface area contributed by atoms with Crippen molar-refractivity contribution in [3.63, 3.8) is 0 Å². The first-order valence-electron chi connectivity index (χ1n) is 7.98. The van der Waals surface area contributed by atoms with E-state index in [1.807, 2.05) is 0 Å². The minimum absolute atomic E-state index is 0.203. The van der Waals surface area contributed by atoms with Crippen LogP contribution in [-0.2, 0) is 0 Å². The van der Waals surface area contributed by atoms with Gasteiger partial charge in [-0.3, -0.25) is 0 Å². The number of nitrogens with zero attached hydrogens (tertiary/aromatic N) is 2. The number of nitriles is 1. The molecule has 118 valence electrons. The summed E-state index contributed by atoms with van der Waals surface area (Å²) in [4.78, 5) is 14.4. The van der Waals surface area contributed by atoms with Gasteiger partial charge in [0.1, 0.15) is 0 Å². The molecule has 0 bridgehead atoms. The Hall–Kier alpha value is -2.06. The Morgan fingerprint density at radius 1 is 1.41 bits per heavy atom. The topological polar surface area (TPSA) is 68.2 Å². The van der Waals surface area contributed by atoms with E-state index in [1.54, 1.807) is 24.3 Å². The largest absolute Gasteiger partial charge is 0.338 e. The number of piperidine rings is 1. The molecule has 5 nitrogen and oxygen atoms in total. The van der Waals surface area contributed by atoms with Gasteiger partial charge in [0.25, 0.3) is 0 Å². The zero-order chi connectivity index (χ0) is 15.8. The van der Waals surface area contributed by atoms with E-state index in [2.05, 4.69) is 28.5 Å². The molecule has 2 amide bonds. The quantitative estimate of drug-likeness (QED) is 0.878. The number of likely N-dealkylation sites (tertiary alicyclic amines) is 1. The highest BCUT2D eigenvalue weighted by molar-refractivity contribution is 5.89. The van der Waals surface area contributed by atoms with Crippen molar-refractivity contribution in [3.8, 4) is 6.07 Å². The molecular formula is C17H24N4O. The molecule has 22 heavy (non-hydrogen) atoms. The second-order valence-corrected chi connectivity index (χ2v) is 5.81. The summed E-state index contributed by atoms with van der Waals surface area (Å²) in [6.07, 6.45) is 3.49. The molecule has 0 atom stereocenters. The highest BCUT2D eigenvalue weighted by Crippen LogP contribution is 2.16. The highest BCUT2D eigenvalue weighted by Gasteiger charge is 2.18. The fraction of sp³-hybridized carbons (Fsp3) is 0.529. The summed E-state index contributed by atoms with van der Waals surface area (Å²) in [6, 6.07) is 8.79. The van der Waals surface area contributed by atoms with Gasteiger partial charge in [-0.05, 0) is 63.0 Å². The smallest absolute Gasteiger partial charge is 0.319 e. The van der Waals surface area contributed by atoms with Crippen LogP contribution in [0.1, 0.15) is 31.7 Å². The number of benzene rings is 1. The summed E-state index contributed by atoms with van der Waals surface area (Å²) in [6.45, 7) is 6.36. The highest BCUT2D eigenvalue weighted by atomic mass is 16.2. The van der Waals surface area contributed by atoms with Gasteiger partial charge in [0.15, 0.2) is 0 Å². The lowest BCUT2D eigenvalue weighted by molar-refractivity contribution is 0.182. The van der Waals surface area contributed by atoms with Crippen LogP contribution in [0.15, 0.2) is 24.3 Å². The van der Waals surface area contributed by atoms with Crippen LogP contribution in [-0.4, -0.2) is 37.1 Å². The number of amides is 2. The van der Waals surface area contributed by atoms with Crippen molar-refractivity contribution in [1.82, 2.24) is 10.2 Å². The normalized spacial score (nSPS) is 16.0. The van der Waals surface area contributed by atoms with E-state index in [0.29, 0.717) is 23.7 Å². The van der Waals surface area contributed by atoms with E-state index in [4.69, 9.17) is 5.26 Å². The lowest BCUT2D eigenvalue weighted by atomic mass is 9.97. The van der Waals surface area contributed by atoms with Crippen LogP contribution in [0, 0.1) is 17.2 Å². The molecule has 0 aliphatic carbocycles. The maximum Gasteiger partial charge on any atom is 0.319 e. The lowest BCUT2D eigenvalue weighted by Gasteiger charge is -2.31. The average molecular weight is 300 g/mol. The maximum absolute atomic E-state index is 11.9. The van der Waals surface area contributed by atoms with Crippen LogP contribution in [0.4, 0.5) is 10.5 Å². The average Bonchev–Trinajstić information content (AvgIpc) is 2.55. The Balaban J connectivity index is 1.71. The molecule has 1 aliphatic rings. The number of urea groups is 1. The van der Waals surface area contributed by atoms with Crippen LogP contribution < -0.4 is 10.6 Å². The van der Waals surface area contributed by atoms with E-state index >= 15 is 0 Å². The van der Waals surface area contributed by atoms with Gasteiger partial charge in [0.2, 0.25) is 0 Å². The molecule has 0 unspecified atom stereocenters. The Morgan fingerprint density at radius 3 is 2.86 bits per heavy atom. The van der Waals surface area contributed by atoms with Gasteiger partial charge < -0.3 is 15.5 Å². The first-order chi connectivity index (χ1) is 10.7. The lowest BCUT2D eigenvalue weighted by Crippen LogP contribution is -2.40. The molecule has 1 aromatic rings. The minimum Gasteiger partial charge on any atom is -0.338 e. The molecule has 0 radical (unpaired) electrons. The number of anilines is 1. The van der Waals surface area contributed by atoms with Crippen molar-refractivity contribution in [1.29, 1.82) is 5.26 Å². The van der Waals surface area contributed by atoms with E-state index in [-0.39, 0.29) is 6.03 Å². The van der Waals surface area contributed by atoms with Crippen LogP contribution in [0.5, 0.6) is 0 Å². The minimum atomic E-state index is -0.203. The van der Waals surface area contributed by atoms with E-state index in [9.17, 15) is 4.79 Å². The second-order valence-electron chi connectivity index (χ2n) is 5.81. The molecule has 2 rings (SSSR count). The molecule has 1 heterocycles. The first kappa shape index (κ1) is 16.3. The summed E-state index contributed by atoms with van der Waals surface area (Å²) in [7, 11) is 0. The summed E-state index contributed by atoms with van der Waals surface area (Å²) in [5.41, 5.74) is 1.19. The summed E-state index contributed by atoms with van der Waals surface area (Å²) in [5, 5.41) is 14.6. The molecular weight excluding hydrogens is 276 g/mol. The van der Waals surface area contributed by atoms with Gasteiger partial charge in [-0.1, -0.05) is 13.0 Å². The van der Waals surface area contributed by atoms with Gasteiger partial charge >= 0.3 is 6.03 Å². The van der Waals surface area contributed by atoms with Crippen molar-refractivity contribution < 1.29 is 4.79 Å². The third-order valence-corrected chi connectivity index (χ3v) is 4.05. The number of carbonyl (C=O) groups excluding carboxylic acids is 1. The Labute approximate surface area is 132 Å². The Kier molecular flexibility index (Phi) is 6.23. The molecule has 0 aromatic heterocycles. The zero-order valence-electron chi connectivity index (χ0n) is 13.1. The Bertz CT molecular complexity index is 530. The number of hydrogen-bond acceptors (Lipinski definition) is 3. The van der Waals surface area contributed by atoms with Crippen LogP contribution in [0.2, 0.25) is 0 Å². The van der Waals surface area contributed by atoms with Gasteiger partial charge in [0.05, 0.1) is 11.6 Å². The molecule has 2 N–H and O–H groups in total. The number of hydrogen-bond donors (Lipinski definition) is 2. The summed E-state index contributed by atoms with van der Waals surface area (Å²) >= 11 is 0. The van der Waals surface area contributed by atoms with Crippen molar-refractivity contribution in [2.24, 2.45) is 5.92 Å². The van der Waals surface area contributed by atoms with Gasteiger partial charge in [0, 0.05) is 12.2 Å². The molecule has 1 aliphatic heterocycles. The maximum atomic E-state index is 11.9. The number of rotatable bonds is 5. The van der Waals surface area contributed by atoms with Crippen LogP contribution >= 0.6 is 0 Å². The molecule has 1 fully saturated rings. The summed E-state index contributed by atoms with van der Waals surface area (Å²) in [5.74, 6) is 0.560. The van der Waals surface area contributed by atoms with Crippen molar-refractivity contribution in [2.45, 2.75) is 26.2 Å². The van der Waals surface area contributed by atoms with E-state index in [1.165, 1.54) is 13.0 Å². The fourth-order valence-corrected chi connectivity index (χ4v) is 2.81. The predicted molar refractivity (Wildman–Crippen MR) is 87.6 cm³/mol.